The summed E-state index contributed by atoms with van der Waals surface area (Å²) in [5.74, 6) is 0.315. The van der Waals surface area contributed by atoms with Crippen LogP contribution in [0.15, 0.2) is 39.7 Å². The van der Waals surface area contributed by atoms with Gasteiger partial charge in [0.05, 0.1) is 11.8 Å². The van der Waals surface area contributed by atoms with Crippen LogP contribution in [0, 0.1) is 0 Å². The minimum absolute atomic E-state index is 0.0743. The number of thiol groups is 1. The fraction of sp³-hybridized carbons (Fsp3) is 0.231. The number of amidine groups is 1. The summed E-state index contributed by atoms with van der Waals surface area (Å²) < 4.78 is 12.2. The first-order valence-corrected chi connectivity index (χ1v) is 8.35. The molecule has 0 aliphatic carbocycles. The molecule has 1 heterocycles. The molecule has 0 aliphatic heterocycles. The highest BCUT2D eigenvalue weighted by Crippen LogP contribution is 2.20. The molecule has 0 bridgehead atoms. The molecule has 1 aromatic heterocycles. The molecule has 1 aromatic carbocycles. The lowest BCUT2D eigenvalue weighted by Crippen LogP contribution is -2.17. The van der Waals surface area contributed by atoms with Crippen LogP contribution < -0.4 is 16.5 Å². The quantitative estimate of drug-likeness (QED) is 0.295. The van der Waals surface area contributed by atoms with E-state index in [1.165, 1.54) is 11.3 Å². The highest BCUT2D eigenvalue weighted by atomic mass is 32.2. The lowest BCUT2D eigenvalue weighted by atomic mass is 10.1. The first-order valence-electron chi connectivity index (χ1n) is 6.14. The molecule has 106 valence electrons. The van der Waals surface area contributed by atoms with Gasteiger partial charge in [0, 0.05) is 17.1 Å². The fourth-order valence-corrected chi connectivity index (χ4v) is 3.29. The third-order valence-electron chi connectivity index (χ3n) is 2.71. The second-order valence-electron chi connectivity index (χ2n) is 4.56. The number of aliphatic imine (C=N–C) groups is 1. The van der Waals surface area contributed by atoms with Crippen LogP contribution in [-0.2, 0) is 15.0 Å². The van der Waals surface area contributed by atoms with E-state index in [2.05, 4.69) is 9.98 Å². The SMILES string of the molecule is CC(C)[SH+](=O)c1ccc(N)c(/C(N)=N/c2[nH+]ccs2)c1. The summed E-state index contributed by atoms with van der Waals surface area (Å²) in [6.45, 7) is 3.85. The molecular weight excluding hydrogens is 292 g/mol. The number of aromatic amines is 1. The van der Waals surface area contributed by atoms with E-state index in [0.717, 1.165) is 4.90 Å². The fourth-order valence-electron chi connectivity index (χ4n) is 1.67. The van der Waals surface area contributed by atoms with E-state index in [0.29, 0.717) is 22.2 Å². The Labute approximate surface area is 124 Å². The van der Waals surface area contributed by atoms with E-state index in [9.17, 15) is 4.21 Å². The average molecular weight is 310 g/mol. The summed E-state index contributed by atoms with van der Waals surface area (Å²) in [5.41, 5.74) is 13.1. The van der Waals surface area contributed by atoms with Gasteiger partial charge in [-0.25, -0.2) is 4.98 Å². The Kier molecular flexibility index (Phi) is 4.51. The normalized spacial score (nSPS) is 13.7. The number of hydrogen-bond donors (Lipinski definition) is 2. The molecule has 0 saturated carbocycles. The second-order valence-corrected chi connectivity index (χ2v) is 7.65. The molecule has 20 heavy (non-hydrogen) atoms. The zero-order valence-corrected chi connectivity index (χ0v) is 13.0. The Morgan fingerprint density at radius 3 is 2.80 bits per heavy atom. The molecule has 1 unspecified atom stereocenters. The highest BCUT2D eigenvalue weighted by Gasteiger charge is 2.19. The van der Waals surface area contributed by atoms with E-state index < -0.39 is 10.8 Å². The van der Waals surface area contributed by atoms with Gasteiger partial charge in [0.15, 0.2) is 4.90 Å². The summed E-state index contributed by atoms with van der Waals surface area (Å²) in [5, 5.41) is 2.65. The summed E-state index contributed by atoms with van der Waals surface area (Å²) in [7, 11) is -1.46. The molecule has 1 atom stereocenters. The van der Waals surface area contributed by atoms with Gasteiger partial charge in [0.2, 0.25) is 5.84 Å². The van der Waals surface area contributed by atoms with Crippen LogP contribution in [0.25, 0.3) is 0 Å². The summed E-state index contributed by atoms with van der Waals surface area (Å²) in [6.07, 6.45) is 1.78. The summed E-state index contributed by atoms with van der Waals surface area (Å²) in [4.78, 5) is 7.99. The largest absolute Gasteiger partial charge is 0.398 e. The van der Waals surface area contributed by atoms with Crippen LogP contribution in [0.3, 0.4) is 0 Å². The van der Waals surface area contributed by atoms with E-state index in [-0.39, 0.29) is 5.25 Å². The molecule has 0 aliphatic rings. The number of hydrogen-bond acceptors (Lipinski definition) is 4. The van der Waals surface area contributed by atoms with Crippen molar-refractivity contribution in [2.24, 2.45) is 10.7 Å². The van der Waals surface area contributed by atoms with E-state index in [1.54, 1.807) is 24.4 Å². The monoisotopic (exact) mass is 310 g/mol. The Morgan fingerprint density at radius 1 is 1.45 bits per heavy atom. The van der Waals surface area contributed by atoms with Gasteiger partial charge in [-0.1, -0.05) is 11.3 Å². The van der Waals surface area contributed by atoms with Crippen LogP contribution in [0.4, 0.5) is 10.8 Å². The summed E-state index contributed by atoms with van der Waals surface area (Å²) in [6, 6.07) is 5.27. The van der Waals surface area contributed by atoms with Gasteiger partial charge in [-0.15, -0.1) is 4.21 Å². The molecule has 2 aromatic rings. The highest BCUT2D eigenvalue weighted by molar-refractivity contribution is 7.85. The maximum Gasteiger partial charge on any atom is 0.382 e. The molecule has 5 nitrogen and oxygen atoms in total. The van der Waals surface area contributed by atoms with Crippen LogP contribution in [0.5, 0.6) is 0 Å². The van der Waals surface area contributed by atoms with Gasteiger partial charge in [-0.05, 0) is 31.0 Å². The predicted molar refractivity (Wildman–Crippen MR) is 85.0 cm³/mol. The predicted octanol–water partition coefficient (Wildman–Crippen LogP) is 1.64. The van der Waals surface area contributed by atoms with E-state index in [1.807, 2.05) is 19.2 Å². The number of H-pyrrole nitrogens is 1. The minimum atomic E-state index is -1.46. The number of nitrogens with one attached hydrogen (secondary N) is 1. The van der Waals surface area contributed by atoms with Crippen LogP contribution in [-0.4, -0.2) is 11.1 Å². The smallest absolute Gasteiger partial charge is 0.382 e. The van der Waals surface area contributed by atoms with Gasteiger partial charge < -0.3 is 11.5 Å². The summed E-state index contributed by atoms with van der Waals surface area (Å²) >= 11 is 1.45. The number of nitrogen functional groups attached to an aromatic ring is 1. The van der Waals surface area contributed by atoms with Crippen molar-refractivity contribution in [3.8, 4) is 0 Å². The first-order chi connectivity index (χ1) is 9.49. The van der Waals surface area contributed by atoms with Crippen molar-refractivity contribution in [3.63, 3.8) is 0 Å². The molecule has 0 amide bonds. The van der Waals surface area contributed by atoms with Crippen molar-refractivity contribution < 1.29 is 9.19 Å². The lowest BCUT2D eigenvalue weighted by molar-refractivity contribution is -0.356. The molecule has 5 N–H and O–H groups in total. The Morgan fingerprint density at radius 2 is 2.20 bits per heavy atom. The second kappa shape index (κ2) is 6.15. The van der Waals surface area contributed by atoms with Gasteiger partial charge in [0.1, 0.15) is 16.0 Å². The average Bonchev–Trinajstić information content (AvgIpc) is 2.91. The maximum absolute atomic E-state index is 12.2. The van der Waals surface area contributed by atoms with Crippen molar-refractivity contribution in [2.45, 2.75) is 24.0 Å². The van der Waals surface area contributed by atoms with Gasteiger partial charge in [-0.3, -0.25) is 0 Å². The van der Waals surface area contributed by atoms with Crippen molar-refractivity contribution in [1.82, 2.24) is 0 Å². The number of thiazole rings is 1. The van der Waals surface area contributed by atoms with Crippen LogP contribution >= 0.6 is 11.3 Å². The lowest BCUT2D eigenvalue weighted by Gasteiger charge is -2.04. The molecule has 0 saturated heterocycles. The molecule has 0 fully saturated rings. The van der Waals surface area contributed by atoms with Gasteiger partial charge >= 0.3 is 5.13 Å². The maximum atomic E-state index is 12.2. The molecule has 0 radical (unpaired) electrons. The zero-order chi connectivity index (χ0) is 14.7. The van der Waals surface area contributed by atoms with Gasteiger partial charge in [0.25, 0.3) is 0 Å². The van der Waals surface area contributed by atoms with Crippen LogP contribution in [0.1, 0.15) is 19.4 Å². The third-order valence-corrected chi connectivity index (χ3v) is 5.14. The standard InChI is InChI=1S/C13H16N4OS2/c1-8(2)20(18)9-3-4-11(14)10(7-9)12(15)17-13-16-5-6-19-13/h3-8H,14H2,1-2H3,(H2,15,16,17)/p+2. The number of rotatable bonds is 4. The minimum Gasteiger partial charge on any atom is -0.398 e. The molecule has 0 spiro atoms. The first kappa shape index (κ1) is 14.7. The van der Waals surface area contributed by atoms with E-state index >= 15 is 0 Å². The molecule has 2 rings (SSSR count). The number of aromatic nitrogens is 1. The topological polar surface area (TPSA) is 95.6 Å². The Bertz CT molecular complexity index is 650. The zero-order valence-electron chi connectivity index (χ0n) is 11.3. The van der Waals surface area contributed by atoms with Crippen molar-refractivity contribution >= 4 is 38.8 Å². The number of anilines is 1. The molecular formula is C13H18N4OS2+2. The number of benzene rings is 1. The van der Waals surface area contributed by atoms with Crippen LogP contribution in [0.2, 0.25) is 0 Å². The number of nitrogens with zero attached hydrogens (tertiary/aromatic N) is 1. The Hall–Kier alpha value is -1.73. The van der Waals surface area contributed by atoms with Crippen molar-refractivity contribution in [1.29, 1.82) is 0 Å². The molecule has 7 heteroatoms. The van der Waals surface area contributed by atoms with Crippen molar-refractivity contribution in [3.05, 3.63) is 35.3 Å². The van der Waals surface area contributed by atoms with E-state index in [4.69, 9.17) is 11.5 Å². The number of nitrogens with two attached hydrogens (primary N) is 2. The van der Waals surface area contributed by atoms with Gasteiger partial charge in [-0.2, -0.15) is 0 Å². The van der Waals surface area contributed by atoms with Crippen molar-refractivity contribution in [2.75, 3.05) is 5.73 Å². The third kappa shape index (κ3) is 3.23. The Balaban J connectivity index is 2.41.